The predicted octanol–water partition coefficient (Wildman–Crippen LogP) is 2.14. The molecule has 0 saturated carbocycles. The van der Waals surface area contributed by atoms with Gasteiger partial charge in [-0.3, -0.25) is 24.7 Å². The lowest BCUT2D eigenvalue weighted by Crippen LogP contribution is -2.55. The molecule has 3 atom stereocenters. The van der Waals surface area contributed by atoms with E-state index in [1.54, 1.807) is 27.0 Å². The molecule has 2 aliphatic heterocycles. The number of carbonyl (C=O) groups excluding carboxylic acids is 4. The van der Waals surface area contributed by atoms with Crippen molar-refractivity contribution in [1.82, 2.24) is 10.6 Å². The number of carbonyl (C=O) groups is 4. The molecule has 2 N–H and O–H groups in total. The Balaban J connectivity index is 1.67. The van der Waals surface area contributed by atoms with Gasteiger partial charge in [-0.25, -0.2) is 4.79 Å². The van der Waals surface area contributed by atoms with Gasteiger partial charge in [0.25, 0.3) is 0 Å². The number of hydrogen-bond acceptors (Lipinski definition) is 6. The molecule has 162 valence electrons. The van der Waals surface area contributed by atoms with Gasteiger partial charge in [0.2, 0.25) is 11.8 Å². The lowest BCUT2D eigenvalue weighted by Gasteiger charge is -2.45. The number of nitrogens with one attached hydrogen (secondary N) is 2. The molecular formula is C23H25N3O5. The monoisotopic (exact) mass is 423 g/mol. The standard InChI is InChI=1S/C23H25N3O5/c1-22(2,3)31-21(30)25-11-13-10-16(27)18(15-7-8-17(28)26-20(15)29)23-9-5-4-6-14(23)12-24-19(13)23/h4-6,9-10,12,15,18H,7-8,11H2,1-3H3,(H,25,30)(H,26,28,29). The minimum atomic E-state index is -0.895. The smallest absolute Gasteiger partial charge is 0.407 e. The van der Waals surface area contributed by atoms with Gasteiger partial charge >= 0.3 is 6.09 Å². The summed E-state index contributed by atoms with van der Waals surface area (Å²) in [6.45, 7) is 5.38. The van der Waals surface area contributed by atoms with Crippen LogP contribution in [0, 0.1) is 17.3 Å². The van der Waals surface area contributed by atoms with E-state index in [0.717, 1.165) is 5.57 Å². The fourth-order valence-electron chi connectivity index (χ4n) is 4.70. The van der Waals surface area contributed by atoms with Crippen LogP contribution in [0.1, 0.15) is 33.6 Å². The van der Waals surface area contributed by atoms with E-state index in [0.29, 0.717) is 17.7 Å². The molecule has 3 unspecified atom stereocenters. The Morgan fingerprint density at radius 1 is 1.29 bits per heavy atom. The molecule has 1 fully saturated rings. The van der Waals surface area contributed by atoms with E-state index in [1.165, 1.54) is 6.08 Å². The summed E-state index contributed by atoms with van der Waals surface area (Å²) in [5, 5.41) is 5.06. The van der Waals surface area contributed by atoms with Crippen molar-refractivity contribution in [1.29, 1.82) is 0 Å². The highest BCUT2D eigenvalue weighted by atomic mass is 16.6. The maximum absolute atomic E-state index is 13.4. The van der Waals surface area contributed by atoms with Gasteiger partial charge in [0.1, 0.15) is 5.60 Å². The summed E-state index contributed by atoms with van der Waals surface area (Å²) < 4.78 is 5.29. The highest BCUT2D eigenvalue weighted by molar-refractivity contribution is 6.20. The van der Waals surface area contributed by atoms with Gasteiger partial charge < -0.3 is 10.1 Å². The number of nitrogens with zero attached hydrogens (tertiary/aromatic N) is 1. The Hall–Kier alpha value is -3.29. The van der Waals surface area contributed by atoms with E-state index in [1.807, 2.05) is 24.3 Å². The van der Waals surface area contributed by atoms with Crippen LogP contribution < -0.4 is 10.6 Å². The van der Waals surface area contributed by atoms with Gasteiger partial charge in [-0.15, -0.1) is 0 Å². The first-order chi connectivity index (χ1) is 14.6. The topological polar surface area (TPSA) is 114 Å². The molecule has 0 aromatic rings. The van der Waals surface area contributed by atoms with Gasteiger partial charge in [-0.2, -0.15) is 0 Å². The van der Waals surface area contributed by atoms with Crippen molar-refractivity contribution < 1.29 is 23.9 Å². The van der Waals surface area contributed by atoms with Crippen LogP contribution in [0.15, 0.2) is 52.7 Å². The van der Waals surface area contributed by atoms with Crippen molar-refractivity contribution in [3.8, 4) is 0 Å². The summed E-state index contributed by atoms with van der Waals surface area (Å²) >= 11 is 0. The zero-order valence-electron chi connectivity index (χ0n) is 17.7. The van der Waals surface area contributed by atoms with Crippen LogP contribution in [0.5, 0.6) is 0 Å². The number of rotatable bonds is 3. The molecule has 0 aromatic carbocycles. The van der Waals surface area contributed by atoms with E-state index in [9.17, 15) is 19.2 Å². The van der Waals surface area contributed by atoms with Gasteiger partial charge in [-0.1, -0.05) is 24.3 Å². The molecule has 8 heteroatoms. The summed E-state index contributed by atoms with van der Waals surface area (Å²) in [6, 6.07) is 0. The molecule has 2 aliphatic carbocycles. The van der Waals surface area contributed by atoms with Crippen LogP contribution in [0.4, 0.5) is 4.79 Å². The number of alkyl carbamates (subject to hydrolysis) is 1. The number of piperidine rings is 1. The normalized spacial score (nSPS) is 29.4. The van der Waals surface area contributed by atoms with Crippen molar-refractivity contribution in [3.05, 3.63) is 47.7 Å². The number of imide groups is 1. The molecule has 0 radical (unpaired) electrons. The zero-order valence-corrected chi connectivity index (χ0v) is 17.7. The van der Waals surface area contributed by atoms with E-state index < -0.39 is 34.9 Å². The average molecular weight is 423 g/mol. The van der Waals surface area contributed by atoms with Crippen LogP contribution in [-0.2, 0) is 19.1 Å². The Morgan fingerprint density at radius 2 is 2.06 bits per heavy atom. The summed E-state index contributed by atoms with van der Waals surface area (Å²) in [5.74, 6) is -2.33. The number of hydrogen-bond donors (Lipinski definition) is 2. The third kappa shape index (κ3) is 3.66. The van der Waals surface area contributed by atoms with Crippen LogP contribution in [-0.4, -0.2) is 41.5 Å². The lowest BCUT2D eigenvalue weighted by atomic mass is 9.56. The highest BCUT2D eigenvalue weighted by Crippen LogP contribution is 2.53. The van der Waals surface area contributed by atoms with Gasteiger partial charge in [0.05, 0.1) is 23.0 Å². The van der Waals surface area contributed by atoms with E-state index in [2.05, 4.69) is 15.6 Å². The second-order valence-corrected chi connectivity index (χ2v) is 9.11. The minimum Gasteiger partial charge on any atom is -0.444 e. The molecule has 1 saturated heterocycles. The largest absolute Gasteiger partial charge is 0.444 e. The molecule has 4 aliphatic rings. The molecule has 0 aromatic heterocycles. The predicted molar refractivity (Wildman–Crippen MR) is 113 cm³/mol. The number of amides is 3. The molecule has 31 heavy (non-hydrogen) atoms. The van der Waals surface area contributed by atoms with E-state index in [-0.39, 0.29) is 24.7 Å². The third-order valence-electron chi connectivity index (χ3n) is 5.87. The fourth-order valence-corrected chi connectivity index (χ4v) is 4.70. The molecule has 4 rings (SSSR count). The third-order valence-corrected chi connectivity index (χ3v) is 5.87. The van der Waals surface area contributed by atoms with Crippen molar-refractivity contribution >= 4 is 29.4 Å². The van der Waals surface area contributed by atoms with Crippen LogP contribution in [0.2, 0.25) is 0 Å². The first kappa shape index (κ1) is 21.0. The molecule has 2 heterocycles. The highest BCUT2D eigenvalue weighted by Gasteiger charge is 2.57. The number of ether oxygens (including phenoxy) is 1. The quantitative estimate of drug-likeness (QED) is 0.675. The Morgan fingerprint density at radius 3 is 2.77 bits per heavy atom. The first-order valence-electron chi connectivity index (χ1n) is 10.3. The van der Waals surface area contributed by atoms with Gasteiger partial charge in [0.15, 0.2) is 5.78 Å². The van der Waals surface area contributed by atoms with Crippen molar-refractivity contribution in [3.63, 3.8) is 0 Å². The maximum atomic E-state index is 13.4. The summed E-state index contributed by atoms with van der Waals surface area (Å²) in [7, 11) is 0. The SMILES string of the molecule is CC(C)(C)OC(=O)NCC1=CC(=O)C(C2CCC(=O)NC2=O)C23C=CC=CC2=CN=C13. The van der Waals surface area contributed by atoms with Crippen molar-refractivity contribution in [2.24, 2.45) is 22.2 Å². The number of aliphatic imine (C=N–C) groups is 1. The number of ketones is 1. The molecule has 3 amide bonds. The maximum Gasteiger partial charge on any atom is 0.407 e. The zero-order chi connectivity index (χ0) is 22.4. The Kier molecular flexibility index (Phi) is 5.03. The molecule has 8 nitrogen and oxygen atoms in total. The second-order valence-electron chi connectivity index (χ2n) is 9.11. The van der Waals surface area contributed by atoms with Crippen LogP contribution in [0.25, 0.3) is 0 Å². The molecule has 1 spiro atoms. The van der Waals surface area contributed by atoms with E-state index >= 15 is 0 Å². The van der Waals surface area contributed by atoms with Gasteiger partial charge in [-0.05, 0) is 44.4 Å². The lowest BCUT2D eigenvalue weighted by molar-refractivity contribution is -0.141. The van der Waals surface area contributed by atoms with Crippen molar-refractivity contribution in [2.75, 3.05) is 6.54 Å². The fraction of sp³-hybridized carbons (Fsp3) is 0.435. The first-order valence-corrected chi connectivity index (χ1v) is 10.3. The van der Waals surface area contributed by atoms with E-state index in [4.69, 9.17) is 4.74 Å². The van der Waals surface area contributed by atoms with Crippen LogP contribution in [0.3, 0.4) is 0 Å². The van der Waals surface area contributed by atoms with Crippen LogP contribution >= 0.6 is 0 Å². The average Bonchev–Trinajstić information content (AvgIpc) is 3.06. The Labute approximate surface area is 180 Å². The molecular weight excluding hydrogens is 398 g/mol. The number of allylic oxidation sites excluding steroid dienone is 6. The molecule has 0 bridgehead atoms. The summed E-state index contributed by atoms with van der Waals surface area (Å²) in [4.78, 5) is 54.4. The minimum absolute atomic E-state index is 0.0714. The summed E-state index contributed by atoms with van der Waals surface area (Å²) in [6.07, 6.45) is 10.6. The van der Waals surface area contributed by atoms with Gasteiger partial charge in [0, 0.05) is 19.2 Å². The Bertz CT molecular complexity index is 1020. The second kappa shape index (κ2) is 7.44. The summed E-state index contributed by atoms with van der Waals surface area (Å²) in [5.41, 5.74) is 0.485. The van der Waals surface area contributed by atoms with Crippen molar-refractivity contribution in [2.45, 2.75) is 39.2 Å².